The van der Waals surface area contributed by atoms with Crippen LogP contribution in [-0.2, 0) is 4.74 Å². The topological polar surface area (TPSA) is 170 Å². The summed E-state index contributed by atoms with van der Waals surface area (Å²) in [5.41, 5.74) is -0.0947. The molecule has 7 heterocycles. The maximum Gasteiger partial charge on any atom is 0.0901 e. The maximum atomic E-state index is 9.52. The summed E-state index contributed by atoms with van der Waals surface area (Å²) in [6, 6.07) is 0.897. The Hall–Kier alpha value is -0.560. The summed E-state index contributed by atoms with van der Waals surface area (Å²) in [5.74, 6) is 0. The quantitative estimate of drug-likeness (QED) is 0.183. The van der Waals surface area contributed by atoms with Crippen LogP contribution >= 0.6 is 0 Å². The summed E-state index contributed by atoms with van der Waals surface area (Å²) < 4.78 is 5.10. The molecule has 14 heteroatoms. The van der Waals surface area contributed by atoms with Crippen molar-refractivity contribution in [3.63, 3.8) is 0 Å². The molecule has 0 amide bonds. The summed E-state index contributed by atoms with van der Waals surface area (Å²) >= 11 is 0. The lowest BCUT2D eigenvalue weighted by atomic mass is 9.79. The normalized spacial score (nSPS) is 28.7. The highest BCUT2D eigenvalue weighted by Crippen LogP contribution is 2.36. The summed E-state index contributed by atoms with van der Waals surface area (Å²) in [6.07, 6.45) is 10.5. The van der Waals surface area contributed by atoms with Crippen LogP contribution in [0.25, 0.3) is 0 Å². The summed E-state index contributed by atoms with van der Waals surface area (Å²) in [7, 11) is 12.5. The predicted molar refractivity (Wildman–Crippen MR) is 220 cm³/mol. The molecule has 7 aliphatic heterocycles. The second-order valence-corrected chi connectivity index (χ2v) is 18.4. The molecule has 1 spiro atoms. The standard InChI is InChI=1S/C8H17NO2.C7H15NO2.2C7H15NO.C6H11NO.C6H13NO/c1-9-4-2-8(6-10,7-11)3-5-9;1-8-4-2-7(10,6-9)3-5-8;1-8-5-3-2-4-7(8)6-9;1-3-7(6-9)4-8(2)5-7;1-7-2-6(3-7)4-8-5-6;1-7-4-2-3-6(7)5-8/h10-11H,2-7H2,1H3;9-10H,2-6H2,1H3;7,9H,2-6H2,1H3;9H,3-6H2,1-2H3;2-5H2,1H3;6,8H,2-5H2,1H3/t;;7-;;;6-/m..1..1/s1. The summed E-state index contributed by atoms with van der Waals surface area (Å²) in [4.78, 5) is 13.4. The van der Waals surface area contributed by atoms with Crippen molar-refractivity contribution >= 4 is 0 Å². The Bertz CT molecular complexity index is 970. The smallest absolute Gasteiger partial charge is 0.0901 e. The van der Waals surface area contributed by atoms with Gasteiger partial charge in [-0.05, 0) is 126 Å². The van der Waals surface area contributed by atoms with Crippen LogP contribution in [0.2, 0.25) is 0 Å². The Morgan fingerprint density at radius 3 is 1.20 bits per heavy atom. The van der Waals surface area contributed by atoms with E-state index in [4.69, 9.17) is 35.4 Å². The van der Waals surface area contributed by atoms with Crippen molar-refractivity contribution in [2.24, 2.45) is 16.2 Å². The van der Waals surface area contributed by atoms with E-state index in [1.807, 2.05) is 7.05 Å². The lowest BCUT2D eigenvalue weighted by Crippen LogP contribution is -2.64. The van der Waals surface area contributed by atoms with Gasteiger partial charge in [0.25, 0.3) is 0 Å². The van der Waals surface area contributed by atoms with E-state index < -0.39 is 5.60 Å². The third kappa shape index (κ3) is 16.9. The first-order valence-electron chi connectivity index (χ1n) is 21.2. The number of ether oxygens (including phenoxy) is 1. The SMILES string of the molecule is CCC1(CO)CN(C)C1.CN1CC2(COC2)C1.CN1CCC(CO)(CO)CC1.CN1CCC(O)(CO)CC1.CN1CCCC[C@@H]1CO.CN1CCC[C@@H]1CO. The zero-order valence-electron chi connectivity index (χ0n) is 36.2. The zero-order chi connectivity index (χ0) is 41.1. The molecular weight excluding hydrogens is 704 g/mol. The molecule has 7 rings (SSSR count). The number of aliphatic hydroxyl groups excluding tert-OH is 6. The summed E-state index contributed by atoms with van der Waals surface area (Å²) in [5, 5.41) is 62.8. The van der Waals surface area contributed by atoms with Gasteiger partial charge < -0.3 is 69.9 Å². The van der Waals surface area contributed by atoms with Gasteiger partial charge in [-0.3, -0.25) is 0 Å². The van der Waals surface area contributed by atoms with Gasteiger partial charge in [-0.2, -0.15) is 0 Å². The lowest BCUT2D eigenvalue weighted by Gasteiger charge is -2.53. The molecule has 328 valence electrons. The van der Waals surface area contributed by atoms with Gasteiger partial charge in [-0.1, -0.05) is 13.3 Å². The van der Waals surface area contributed by atoms with E-state index in [0.29, 0.717) is 50.2 Å². The van der Waals surface area contributed by atoms with E-state index in [9.17, 15) is 5.11 Å². The van der Waals surface area contributed by atoms with Gasteiger partial charge >= 0.3 is 0 Å². The van der Waals surface area contributed by atoms with Crippen molar-refractivity contribution in [3.8, 4) is 0 Å². The van der Waals surface area contributed by atoms with Crippen LogP contribution < -0.4 is 0 Å². The van der Waals surface area contributed by atoms with Crippen LogP contribution in [0.5, 0.6) is 0 Å². The number of nitrogens with zero attached hydrogens (tertiary/aromatic N) is 6. The fourth-order valence-electron chi connectivity index (χ4n) is 8.44. The largest absolute Gasteiger partial charge is 0.396 e. The van der Waals surface area contributed by atoms with Crippen molar-refractivity contribution in [1.29, 1.82) is 0 Å². The molecule has 0 aromatic rings. The molecule has 0 aliphatic carbocycles. The van der Waals surface area contributed by atoms with Crippen molar-refractivity contribution in [1.82, 2.24) is 29.4 Å². The molecule has 0 aromatic carbocycles. The highest BCUT2D eigenvalue weighted by Gasteiger charge is 2.47. The Balaban J connectivity index is 0.000000229. The monoisotopic (exact) mass is 791 g/mol. The van der Waals surface area contributed by atoms with Crippen LogP contribution in [-0.4, -0.2) is 243 Å². The molecular formula is C41H86N6O8. The van der Waals surface area contributed by atoms with Crippen molar-refractivity contribution in [3.05, 3.63) is 0 Å². The molecule has 14 nitrogen and oxygen atoms in total. The number of hydrogen-bond acceptors (Lipinski definition) is 14. The van der Waals surface area contributed by atoms with E-state index >= 15 is 0 Å². The molecule has 0 unspecified atom stereocenters. The van der Waals surface area contributed by atoms with Gasteiger partial charge in [-0.25, -0.2) is 0 Å². The number of hydrogen-bond donors (Lipinski definition) is 7. The lowest BCUT2D eigenvalue weighted by molar-refractivity contribution is -0.182. The Kier molecular flexibility index (Phi) is 23.1. The minimum atomic E-state index is -0.785. The Morgan fingerprint density at radius 1 is 0.509 bits per heavy atom. The highest BCUT2D eigenvalue weighted by molar-refractivity contribution is 4.98. The molecule has 7 N–H and O–H groups in total. The zero-order valence-corrected chi connectivity index (χ0v) is 36.2. The van der Waals surface area contributed by atoms with Crippen molar-refractivity contribution in [2.45, 2.75) is 88.8 Å². The molecule has 2 atom stereocenters. The van der Waals surface area contributed by atoms with Crippen molar-refractivity contribution < 1.29 is 40.5 Å². The first kappa shape index (κ1) is 50.6. The van der Waals surface area contributed by atoms with Gasteiger partial charge in [0, 0.05) is 67.6 Å². The average Bonchev–Trinajstić information content (AvgIpc) is 3.59. The number of likely N-dealkylation sites (tertiary alicyclic amines) is 6. The number of likely N-dealkylation sites (N-methyl/N-ethyl adjacent to an activating group) is 2. The van der Waals surface area contributed by atoms with Gasteiger partial charge in [0.05, 0.1) is 58.5 Å². The second kappa shape index (κ2) is 25.2. The van der Waals surface area contributed by atoms with Crippen LogP contribution in [0.4, 0.5) is 0 Å². The van der Waals surface area contributed by atoms with Gasteiger partial charge in [0.1, 0.15) is 0 Å². The third-order valence-corrected chi connectivity index (χ3v) is 13.3. The van der Waals surface area contributed by atoms with Crippen LogP contribution in [0.3, 0.4) is 0 Å². The van der Waals surface area contributed by atoms with Gasteiger partial charge in [0.15, 0.2) is 0 Å². The molecule has 0 aromatic heterocycles. The number of piperidine rings is 3. The van der Waals surface area contributed by atoms with Crippen molar-refractivity contribution in [2.75, 3.05) is 161 Å². The second-order valence-electron chi connectivity index (χ2n) is 18.4. The molecule has 55 heavy (non-hydrogen) atoms. The first-order valence-corrected chi connectivity index (χ1v) is 21.2. The van der Waals surface area contributed by atoms with E-state index in [-0.39, 0.29) is 30.7 Å². The predicted octanol–water partition coefficient (Wildman–Crippen LogP) is -0.0768. The fourth-order valence-corrected chi connectivity index (χ4v) is 8.44. The minimum Gasteiger partial charge on any atom is -0.396 e. The van der Waals surface area contributed by atoms with E-state index in [0.717, 1.165) is 84.8 Å². The van der Waals surface area contributed by atoms with Crippen LogP contribution in [0.1, 0.15) is 71.1 Å². The van der Waals surface area contributed by atoms with E-state index in [1.165, 1.54) is 45.2 Å². The number of rotatable bonds is 7. The van der Waals surface area contributed by atoms with E-state index in [2.05, 4.69) is 71.6 Å². The van der Waals surface area contributed by atoms with Gasteiger partial charge in [0.2, 0.25) is 0 Å². The third-order valence-electron chi connectivity index (χ3n) is 13.3. The Morgan fingerprint density at radius 2 is 0.945 bits per heavy atom. The van der Waals surface area contributed by atoms with Crippen LogP contribution in [0.15, 0.2) is 0 Å². The van der Waals surface area contributed by atoms with Crippen LogP contribution in [0, 0.1) is 16.2 Å². The molecule has 0 radical (unpaired) electrons. The maximum absolute atomic E-state index is 9.52. The molecule has 0 saturated carbocycles. The number of aliphatic hydroxyl groups is 7. The first-order chi connectivity index (χ1) is 26.1. The van der Waals surface area contributed by atoms with Gasteiger partial charge in [-0.15, -0.1) is 0 Å². The molecule has 0 bridgehead atoms. The minimum absolute atomic E-state index is 0.0964. The fraction of sp³-hybridized carbons (Fsp3) is 1.00. The molecule has 7 fully saturated rings. The Labute approximate surface area is 335 Å². The summed E-state index contributed by atoms with van der Waals surface area (Å²) in [6.45, 7) is 16.0. The average molecular weight is 791 g/mol. The molecule has 7 aliphatic rings. The highest BCUT2D eigenvalue weighted by atomic mass is 16.5. The molecule has 7 saturated heterocycles. The van der Waals surface area contributed by atoms with E-state index in [1.54, 1.807) is 0 Å².